The van der Waals surface area contributed by atoms with Crippen LogP contribution in [0.15, 0.2) is 6.07 Å². The third-order valence-corrected chi connectivity index (χ3v) is 2.38. The zero-order valence-electron chi connectivity index (χ0n) is 10.5. The topological polar surface area (TPSA) is 73.1 Å². The van der Waals surface area contributed by atoms with E-state index in [0.29, 0.717) is 11.6 Å². The molecule has 0 saturated carbocycles. The lowest BCUT2D eigenvalue weighted by atomic mass is 9.92. The molecule has 0 bridgehead atoms. The lowest BCUT2D eigenvalue weighted by Crippen LogP contribution is -2.19. The van der Waals surface area contributed by atoms with Crippen molar-refractivity contribution in [3.63, 3.8) is 0 Å². The third-order valence-electron chi connectivity index (χ3n) is 2.38. The average molecular weight is 224 g/mol. The molecule has 5 nitrogen and oxygen atoms in total. The number of methoxy groups -OCH3 is 1. The second-order valence-corrected chi connectivity index (χ2v) is 4.77. The summed E-state index contributed by atoms with van der Waals surface area (Å²) in [5.41, 5.74) is 3.45. The van der Waals surface area contributed by atoms with Crippen LogP contribution in [0.3, 0.4) is 0 Å². The Balaban J connectivity index is 3.21. The van der Waals surface area contributed by atoms with Crippen molar-refractivity contribution in [1.29, 1.82) is 0 Å². The molecular weight excluding hydrogens is 204 g/mol. The molecule has 16 heavy (non-hydrogen) atoms. The van der Waals surface area contributed by atoms with Crippen LogP contribution in [0.2, 0.25) is 0 Å². The highest BCUT2D eigenvalue weighted by molar-refractivity contribution is 5.36. The van der Waals surface area contributed by atoms with Crippen molar-refractivity contribution in [1.82, 2.24) is 9.97 Å². The summed E-state index contributed by atoms with van der Waals surface area (Å²) >= 11 is 0. The molecule has 0 spiro atoms. The van der Waals surface area contributed by atoms with Crippen LogP contribution in [-0.2, 0) is 10.2 Å². The van der Waals surface area contributed by atoms with Gasteiger partial charge in [0.1, 0.15) is 11.9 Å². The number of nitrogen functional groups attached to an aromatic ring is 1. The minimum atomic E-state index is -0.144. The van der Waals surface area contributed by atoms with E-state index < -0.39 is 0 Å². The van der Waals surface area contributed by atoms with Crippen molar-refractivity contribution >= 4 is 5.82 Å². The van der Waals surface area contributed by atoms with Gasteiger partial charge in [-0.25, -0.2) is 15.8 Å². The first kappa shape index (κ1) is 12.9. The van der Waals surface area contributed by atoms with E-state index in [9.17, 15) is 0 Å². The number of hydrogen-bond donors (Lipinski definition) is 2. The van der Waals surface area contributed by atoms with Gasteiger partial charge in [-0.15, -0.1) is 0 Å². The summed E-state index contributed by atoms with van der Waals surface area (Å²) in [7, 11) is 1.63. The molecular formula is C11H20N4O. The van der Waals surface area contributed by atoms with Crippen LogP contribution >= 0.6 is 0 Å². The van der Waals surface area contributed by atoms with E-state index in [4.69, 9.17) is 10.6 Å². The van der Waals surface area contributed by atoms with Crippen LogP contribution in [0.1, 0.15) is 45.3 Å². The molecule has 5 heteroatoms. The monoisotopic (exact) mass is 224 g/mol. The first-order valence-electron chi connectivity index (χ1n) is 5.27. The number of hydrogen-bond acceptors (Lipinski definition) is 5. The van der Waals surface area contributed by atoms with E-state index in [1.54, 1.807) is 7.11 Å². The van der Waals surface area contributed by atoms with Crippen molar-refractivity contribution in [2.24, 2.45) is 5.84 Å². The van der Waals surface area contributed by atoms with E-state index in [1.807, 2.05) is 13.0 Å². The van der Waals surface area contributed by atoms with Gasteiger partial charge in [0, 0.05) is 18.6 Å². The Morgan fingerprint density at radius 3 is 2.44 bits per heavy atom. The highest BCUT2D eigenvalue weighted by atomic mass is 16.5. The van der Waals surface area contributed by atoms with Gasteiger partial charge in [-0.2, -0.15) is 0 Å². The van der Waals surface area contributed by atoms with E-state index in [-0.39, 0.29) is 11.5 Å². The molecule has 0 radical (unpaired) electrons. The number of nitrogens with zero attached hydrogens (tertiary/aromatic N) is 2. The Hall–Kier alpha value is -1.20. The van der Waals surface area contributed by atoms with Crippen LogP contribution in [0.4, 0.5) is 5.82 Å². The normalized spacial score (nSPS) is 13.6. The zero-order chi connectivity index (χ0) is 12.3. The molecule has 1 atom stereocenters. The van der Waals surface area contributed by atoms with Gasteiger partial charge in [-0.3, -0.25) is 0 Å². The van der Waals surface area contributed by atoms with Crippen LogP contribution < -0.4 is 11.3 Å². The number of nitrogens with two attached hydrogens (primary N) is 1. The van der Waals surface area contributed by atoms with Crippen molar-refractivity contribution in [2.45, 2.75) is 39.2 Å². The molecule has 3 N–H and O–H groups in total. The highest BCUT2D eigenvalue weighted by Crippen LogP contribution is 2.24. The Morgan fingerprint density at radius 2 is 2.00 bits per heavy atom. The fraction of sp³-hybridized carbons (Fsp3) is 0.636. The molecule has 0 aromatic carbocycles. The molecule has 0 aliphatic rings. The summed E-state index contributed by atoms with van der Waals surface area (Å²) in [6.07, 6.45) is -0.144. The fourth-order valence-corrected chi connectivity index (χ4v) is 1.21. The van der Waals surface area contributed by atoms with Crippen LogP contribution in [-0.4, -0.2) is 17.1 Å². The molecule has 0 aliphatic carbocycles. The maximum Gasteiger partial charge on any atom is 0.159 e. The second-order valence-electron chi connectivity index (χ2n) is 4.77. The van der Waals surface area contributed by atoms with Gasteiger partial charge < -0.3 is 10.2 Å². The molecule has 1 aromatic rings. The number of hydrazine groups is 1. The molecule has 0 saturated heterocycles. The van der Waals surface area contributed by atoms with Gasteiger partial charge in [0.05, 0.1) is 5.69 Å². The van der Waals surface area contributed by atoms with Gasteiger partial charge in [-0.1, -0.05) is 20.8 Å². The van der Waals surface area contributed by atoms with E-state index in [1.165, 1.54) is 0 Å². The van der Waals surface area contributed by atoms with Gasteiger partial charge >= 0.3 is 0 Å². The minimum absolute atomic E-state index is 0.0449. The molecule has 0 fully saturated rings. The molecule has 1 heterocycles. The van der Waals surface area contributed by atoms with E-state index >= 15 is 0 Å². The highest BCUT2D eigenvalue weighted by Gasteiger charge is 2.19. The largest absolute Gasteiger partial charge is 0.374 e. The van der Waals surface area contributed by atoms with Crippen LogP contribution in [0.5, 0.6) is 0 Å². The predicted octanol–water partition coefficient (Wildman–Crippen LogP) is 1.77. The quantitative estimate of drug-likeness (QED) is 0.604. The van der Waals surface area contributed by atoms with Gasteiger partial charge in [0.25, 0.3) is 0 Å². The van der Waals surface area contributed by atoms with Crippen molar-refractivity contribution in [2.75, 3.05) is 12.5 Å². The predicted molar refractivity (Wildman–Crippen MR) is 64.0 cm³/mol. The fourth-order valence-electron chi connectivity index (χ4n) is 1.21. The maximum absolute atomic E-state index is 5.39. The molecule has 1 aromatic heterocycles. The molecule has 0 amide bonds. The number of ether oxygens (including phenoxy) is 1. The first-order valence-corrected chi connectivity index (χ1v) is 5.27. The van der Waals surface area contributed by atoms with Crippen LogP contribution in [0.25, 0.3) is 0 Å². The lowest BCUT2D eigenvalue weighted by molar-refractivity contribution is 0.111. The Bertz CT molecular complexity index is 359. The summed E-state index contributed by atoms with van der Waals surface area (Å²) in [6.45, 7) is 8.19. The van der Waals surface area contributed by atoms with Crippen molar-refractivity contribution < 1.29 is 4.74 Å². The van der Waals surface area contributed by atoms with E-state index in [2.05, 4.69) is 36.2 Å². The zero-order valence-corrected chi connectivity index (χ0v) is 10.5. The van der Waals surface area contributed by atoms with E-state index in [0.717, 1.165) is 5.69 Å². The number of nitrogens with one attached hydrogen (secondary N) is 1. The van der Waals surface area contributed by atoms with Crippen molar-refractivity contribution in [3.05, 3.63) is 17.6 Å². The summed E-state index contributed by atoms with van der Waals surface area (Å²) in [5.74, 6) is 6.64. The standard InChI is InChI=1S/C11H20N4O/c1-7(16-5)10-13-8(11(2,3)4)6-9(14-10)15-12/h6-7H,12H2,1-5H3,(H,13,14,15). The molecule has 1 unspecified atom stereocenters. The number of anilines is 1. The Labute approximate surface area is 96.4 Å². The Morgan fingerprint density at radius 1 is 1.38 bits per heavy atom. The molecule has 0 aliphatic heterocycles. The smallest absolute Gasteiger partial charge is 0.159 e. The SMILES string of the molecule is COC(C)c1nc(NN)cc(C(C)(C)C)n1. The maximum atomic E-state index is 5.39. The van der Waals surface area contributed by atoms with Gasteiger partial charge in [-0.05, 0) is 6.92 Å². The molecule has 1 rings (SSSR count). The van der Waals surface area contributed by atoms with Crippen molar-refractivity contribution in [3.8, 4) is 0 Å². The average Bonchev–Trinajstić information content (AvgIpc) is 2.26. The summed E-state index contributed by atoms with van der Waals surface area (Å²) in [4.78, 5) is 8.76. The Kier molecular flexibility index (Phi) is 3.83. The van der Waals surface area contributed by atoms with Crippen LogP contribution in [0, 0.1) is 0 Å². The number of aromatic nitrogens is 2. The summed E-state index contributed by atoms with van der Waals surface area (Å²) < 4.78 is 5.21. The second kappa shape index (κ2) is 4.76. The third kappa shape index (κ3) is 2.90. The summed E-state index contributed by atoms with van der Waals surface area (Å²) in [5, 5.41) is 0. The summed E-state index contributed by atoms with van der Waals surface area (Å²) in [6, 6.07) is 1.85. The van der Waals surface area contributed by atoms with Gasteiger partial charge in [0.2, 0.25) is 0 Å². The van der Waals surface area contributed by atoms with Gasteiger partial charge in [0.15, 0.2) is 5.82 Å². The number of rotatable bonds is 3. The molecule has 90 valence electrons. The lowest BCUT2D eigenvalue weighted by Gasteiger charge is -2.20. The minimum Gasteiger partial charge on any atom is -0.374 e. The first-order chi connectivity index (χ1) is 7.38.